The molecule has 2 aromatic rings. The highest BCUT2D eigenvalue weighted by atomic mass is 16.3. The lowest BCUT2D eigenvalue weighted by molar-refractivity contribution is 0.0822. The van der Waals surface area contributed by atoms with Crippen molar-refractivity contribution in [2.75, 3.05) is 14.1 Å². The number of carbonyl (C=O) groups excluding carboxylic acids is 1. The van der Waals surface area contributed by atoms with Gasteiger partial charge in [-0.15, -0.1) is 0 Å². The number of hydrogen-bond acceptors (Lipinski definition) is 3. The molecule has 1 aromatic carbocycles. The molecule has 4 heteroatoms. The van der Waals surface area contributed by atoms with Gasteiger partial charge in [0.2, 0.25) is 0 Å². The number of aromatic hydroxyl groups is 1. The van der Waals surface area contributed by atoms with Crippen molar-refractivity contribution in [1.82, 2.24) is 9.88 Å². The van der Waals surface area contributed by atoms with Crippen molar-refractivity contribution in [3.63, 3.8) is 0 Å². The number of nitrogens with zero attached hydrogens (tertiary/aromatic N) is 2. The van der Waals surface area contributed by atoms with Crippen LogP contribution in [0.1, 0.15) is 10.5 Å². The first-order valence-electron chi connectivity index (χ1n) is 5.56. The van der Waals surface area contributed by atoms with Crippen LogP contribution in [0.4, 0.5) is 0 Å². The van der Waals surface area contributed by atoms with E-state index in [0.717, 1.165) is 5.56 Å². The van der Waals surface area contributed by atoms with E-state index in [-0.39, 0.29) is 11.7 Å². The third-order valence-corrected chi connectivity index (χ3v) is 2.52. The highest BCUT2D eigenvalue weighted by Crippen LogP contribution is 2.21. The van der Waals surface area contributed by atoms with Crippen molar-refractivity contribution in [3.05, 3.63) is 48.2 Å². The van der Waals surface area contributed by atoms with Gasteiger partial charge in [-0.3, -0.25) is 4.79 Å². The second-order valence-electron chi connectivity index (χ2n) is 4.16. The van der Waals surface area contributed by atoms with Crippen LogP contribution < -0.4 is 0 Å². The highest BCUT2D eigenvalue weighted by molar-refractivity contribution is 5.92. The molecule has 1 amide bonds. The van der Waals surface area contributed by atoms with E-state index in [0.29, 0.717) is 11.4 Å². The van der Waals surface area contributed by atoms with E-state index in [1.807, 2.05) is 6.07 Å². The van der Waals surface area contributed by atoms with Crippen molar-refractivity contribution in [1.29, 1.82) is 0 Å². The molecule has 1 aromatic heterocycles. The van der Waals surface area contributed by atoms with Gasteiger partial charge in [-0.2, -0.15) is 0 Å². The third-order valence-electron chi connectivity index (χ3n) is 2.52. The van der Waals surface area contributed by atoms with Crippen molar-refractivity contribution in [2.24, 2.45) is 0 Å². The number of phenolic OH excluding ortho intramolecular Hbond substituents is 1. The zero-order valence-corrected chi connectivity index (χ0v) is 10.3. The summed E-state index contributed by atoms with van der Waals surface area (Å²) >= 11 is 0. The normalized spacial score (nSPS) is 10.1. The van der Waals surface area contributed by atoms with Gasteiger partial charge in [0.05, 0.1) is 5.69 Å². The molecular weight excluding hydrogens is 228 g/mol. The molecule has 0 spiro atoms. The third kappa shape index (κ3) is 2.48. The number of phenols is 1. The van der Waals surface area contributed by atoms with Crippen LogP contribution in [0.25, 0.3) is 11.3 Å². The van der Waals surface area contributed by atoms with E-state index >= 15 is 0 Å². The molecule has 0 bridgehead atoms. The minimum atomic E-state index is -0.142. The number of hydrogen-bond donors (Lipinski definition) is 1. The average Bonchev–Trinajstić information content (AvgIpc) is 2.38. The lowest BCUT2D eigenvalue weighted by atomic mass is 10.1. The fourth-order valence-corrected chi connectivity index (χ4v) is 1.61. The van der Waals surface area contributed by atoms with Gasteiger partial charge in [0, 0.05) is 19.7 Å². The first-order valence-corrected chi connectivity index (χ1v) is 5.56. The van der Waals surface area contributed by atoms with Crippen LogP contribution in [0.15, 0.2) is 42.5 Å². The molecular formula is C14H14N2O2. The smallest absolute Gasteiger partial charge is 0.271 e. The summed E-state index contributed by atoms with van der Waals surface area (Å²) in [6, 6.07) is 12.1. The summed E-state index contributed by atoms with van der Waals surface area (Å²) in [6.45, 7) is 0. The van der Waals surface area contributed by atoms with E-state index < -0.39 is 0 Å². The molecule has 92 valence electrons. The van der Waals surface area contributed by atoms with Crippen molar-refractivity contribution < 1.29 is 9.90 Å². The largest absolute Gasteiger partial charge is 0.508 e. The fourth-order valence-electron chi connectivity index (χ4n) is 1.61. The van der Waals surface area contributed by atoms with E-state index in [1.165, 1.54) is 4.90 Å². The van der Waals surface area contributed by atoms with Gasteiger partial charge in [-0.1, -0.05) is 18.2 Å². The predicted octanol–water partition coefficient (Wildman–Crippen LogP) is 2.16. The lowest BCUT2D eigenvalue weighted by Crippen LogP contribution is -2.22. The second-order valence-corrected chi connectivity index (χ2v) is 4.16. The number of amides is 1. The molecule has 2 rings (SSSR count). The van der Waals surface area contributed by atoms with E-state index in [4.69, 9.17) is 0 Å². The Labute approximate surface area is 106 Å². The molecule has 0 fully saturated rings. The van der Waals surface area contributed by atoms with Crippen LogP contribution in [0.2, 0.25) is 0 Å². The molecule has 0 aliphatic rings. The Bertz CT molecular complexity index is 580. The van der Waals surface area contributed by atoms with E-state index in [9.17, 15) is 9.90 Å². The Morgan fingerprint density at radius 2 is 1.89 bits per heavy atom. The minimum absolute atomic E-state index is 0.142. The van der Waals surface area contributed by atoms with Crippen LogP contribution in [0.5, 0.6) is 5.75 Å². The summed E-state index contributed by atoms with van der Waals surface area (Å²) in [6.07, 6.45) is 0. The molecule has 4 nitrogen and oxygen atoms in total. The van der Waals surface area contributed by atoms with Gasteiger partial charge in [-0.25, -0.2) is 4.98 Å². The Kier molecular flexibility index (Phi) is 3.28. The summed E-state index contributed by atoms with van der Waals surface area (Å²) in [4.78, 5) is 17.6. The van der Waals surface area contributed by atoms with Gasteiger partial charge >= 0.3 is 0 Å². The van der Waals surface area contributed by atoms with Crippen LogP contribution in [0, 0.1) is 0 Å². The van der Waals surface area contributed by atoms with Gasteiger partial charge in [-0.05, 0) is 24.3 Å². The quantitative estimate of drug-likeness (QED) is 0.878. The summed E-state index contributed by atoms with van der Waals surface area (Å²) < 4.78 is 0. The van der Waals surface area contributed by atoms with E-state index in [2.05, 4.69) is 4.98 Å². The molecule has 0 saturated heterocycles. The predicted molar refractivity (Wildman–Crippen MR) is 69.4 cm³/mol. The van der Waals surface area contributed by atoms with Crippen molar-refractivity contribution in [3.8, 4) is 17.0 Å². The lowest BCUT2D eigenvalue weighted by Gasteiger charge is -2.10. The van der Waals surface area contributed by atoms with Crippen molar-refractivity contribution >= 4 is 5.91 Å². The monoisotopic (exact) mass is 242 g/mol. The van der Waals surface area contributed by atoms with Gasteiger partial charge in [0.1, 0.15) is 11.4 Å². The zero-order chi connectivity index (χ0) is 13.1. The summed E-state index contributed by atoms with van der Waals surface area (Å²) in [5.74, 6) is 0.0376. The molecule has 0 aliphatic carbocycles. The van der Waals surface area contributed by atoms with Crippen LogP contribution >= 0.6 is 0 Å². The molecule has 0 radical (unpaired) electrons. The number of benzene rings is 1. The van der Waals surface area contributed by atoms with E-state index in [1.54, 1.807) is 50.5 Å². The number of aromatic nitrogens is 1. The highest BCUT2D eigenvalue weighted by Gasteiger charge is 2.10. The van der Waals surface area contributed by atoms with Crippen molar-refractivity contribution in [2.45, 2.75) is 0 Å². The number of carbonyl (C=O) groups is 1. The molecule has 0 aliphatic heterocycles. The average molecular weight is 242 g/mol. The molecule has 0 saturated carbocycles. The Balaban J connectivity index is 2.42. The Morgan fingerprint density at radius 3 is 2.56 bits per heavy atom. The van der Waals surface area contributed by atoms with Crippen LogP contribution in [-0.2, 0) is 0 Å². The Hall–Kier alpha value is -2.36. The molecule has 0 unspecified atom stereocenters. The standard InChI is InChI=1S/C14H14N2O2/c1-16(2)14(18)13-8-4-7-12(15-13)10-5-3-6-11(17)9-10/h3-9,17H,1-2H3. The first kappa shape index (κ1) is 12.1. The summed E-state index contributed by atoms with van der Waals surface area (Å²) in [5, 5.41) is 9.44. The molecule has 18 heavy (non-hydrogen) atoms. The van der Waals surface area contributed by atoms with Crippen LogP contribution in [-0.4, -0.2) is 35.0 Å². The maximum absolute atomic E-state index is 11.8. The second kappa shape index (κ2) is 4.87. The molecule has 1 heterocycles. The fraction of sp³-hybridized carbons (Fsp3) is 0.143. The minimum Gasteiger partial charge on any atom is -0.508 e. The van der Waals surface area contributed by atoms with Crippen LogP contribution in [0.3, 0.4) is 0 Å². The molecule has 0 atom stereocenters. The van der Waals surface area contributed by atoms with Gasteiger partial charge in [0.25, 0.3) is 5.91 Å². The maximum atomic E-state index is 11.8. The zero-order valence-electron chi connectivity index (χ0n) is 10.3. The maximum Gasteiger partial charge on any atom is 0.271 e. The summed E-state index contributed by atoms with van der Waals surface area (Å²) in [7, 11) is 3.37. The molecule has 1 N–H and O–H groups in total. The summed E-state index contributed by atoms with van der Waals surface area (Å²) in [5.41, 5.74) is 1.84. The SMILES string of the molecule is CN(C)C(=O)c1cccc(-c2cccc(O)c2)n1. The van der Waals surface area contributed by atoms with Gasteiger partial charge < -0.3 is 10.0 Å². The topological polar surface area (TPSA) is 53.4 Å². The Morgan fingerprint density at radius 1 is 1.17 bits per heavy atom. The number of pyridine rings is 1. The number of rotatable bonds is 2. The first-order chi connectivity index (χ1) is 8.58. The van der Waals surface area contributed by atoms with Gasteiger partial charge in [0.15, 0.2) is 0 Å².